The number of rotatable bonds is 3. The van der Waals surface area contributed by atoms with Crippen molar-refractivity contribution in [2.24, 2.45) is 17.6 Å². The molecule has 2 N–H and O–H groups in total. The highest BCUT2D eigenvalue weighted by Crippen LogP contribution is 2.41. The van der Waals surface area contributed by atoms with Gasteiger partial charge in [-0.2, -0.15) is 0 Å². The van der Waals surface area contributed by atoms with Gasteiger partial charge in [-0.1, -0.05) is 28.4 Å². The summed E-state index contributed by atoms with van der Waals surface area (Å²) in [7, 11) is 0. The van der Waals surface area contributed by atoms with Crippen molar-refractivity contribution in [1.29, 1.82) is 0 Å². The molecule has 1 saturated carbocycles. The van der Waals surface area contributed by atoms with E-state index in [1.807, 2.05) is 6.07 Å². The lowest BCUT2D eigenvalue weighted by atomic mass is 10.0. The van der Waals surface area contributed by atoms with Crippen LogP contribution in [0.3, 0.4) is 0 Å². The number of nitrogens with two attached hydrogens (primary N) is 1. The third-order valence-electron chi connectivity index (χ3n) is 4.74. The zero-order valence-electron chi connectivity index (χ0n) is 11.0. The van der Waals surface area contributed by atoms with Crippen LogP contribution in [0.5, 0.6) is 0 Å². The van der Waals surface area contributed by atoms with E-state index in [0.717, 1.165) is 35.0 Å². The van der Waals surface area contributed by atoms with Crippen molar-refractivity contribution < 1.29 is 4.39 Å². The van der Waals surface area contributed by atoms with Crippen LogP contribution in [0.1, 0.15) is 30.9 Å². The summed E-state index contributed by atoms with van der Waals surface area (Å²) in [5.74, 6) is 1.51. The number of fused-ring (bicyclic) bond motifs is 1. The molecule has 3 unspecified atom stereocenters. The smallest absolute Gasteiger partial charge is 0.124 e. The molecule has 1 aliphatic carbocycles. The van der Waals surface area contributed by atoms with E-state index in [9.17, 15) is 4.39 Å². The molecule has 1 saturated heterocycles. The first-order chi connectivity index (χ1) is 9.19. The predicted octanol–water partition coefficient (Wildman–Crippen LogP) is 3.32. The first kappa shape index (κ1) is 13.5. The summed E-state index contributed by atoms with van der Waals surface area (Å²) in [6, 6.07) is 5.14. The van der Waals surface area contributed by atoms with E-state index in [0.29, 0.717) is 6.54 Å². The lowest BCUT2D eigenvalue weighted by molar-refractivity contribution is 0.231. The van der Waals surface area contributed by atoms with E-state index in [-0.39, 0.29) is 11.9 Å². The summed E-state index contributed by atoms with van der Waals surface area (Å²) in [5.41, 5.74) is 7.10. The Morgan fingerprint density at radius 1 is 1.32 bits per heavy atom. The minimum Gasteiger partial charge on any atom is -0.329 e. The van der Waals surface area contributed by atoms with Gasteiger partial charge in [-0.15, -0.1) is 0 Å². The van der Waals surface area contributed by atoms with Crippen molar-refractivity contribution in [2.75, 3.05) is 19.6 Å². The van der Waals surface area contributed by atoms with Gasteiger partial charge in [-0.3, -0.25) is 4.90 Å². The lowest BCUT2D eigenvalue weighted by Gasteiger charge is -2.28. The Hall–Kier alpha value is -0.450. The molecule has 0 amide bonds. The van der Waals surface area contributed by atoms with Gasteiger partial charge < -0.3 is 5.73 Å². The molecule has 1 aromatic carbocycles. The molecule has 0 aromatic heterocycles. The van der Waals surface area contributed by atoms with Crippen LogP contribution in [-0.2, 0) is 0 Å². The molecular formula is C15H20BrFN2. The number of hydrogen-bond donors (Lipinski definition) is 1. The molecule has 2 fully saturated rings. The Morgan fingerprint density at radius 2 is 2.00 bits per heavy atom. The van der Waals surface area contributed by atoms with Gasteiger partial charge in [0.1, 0.15) is 5.82 Å². The van der Waals surface area contributed by atoms with Crippen LogP contribution in [0.4, 0.5) is 4.39 Å². The number of nitrogens with zero attached hydrogens (tertiary/aromatic N) is 1. The molecule has 0 spiro atoms. The SMILES string of the molecule is NCC(c1ccc(F)cc1Br)N1CC2CCCC2C1. The fraction of sp³-hybridized carbons (Fsp3) is 0.600. The van der Waals surface area contributed by atoms with Crippen LogP contribution in [0.2, 0.25) is 0 Å². The summed E-state index contributed by atoms with van der Waals surface area (Å²) in [6.45, 7) is 2.89. The maximum Gasteiger partial charge on any atom is 0.124 e. The van der Waals surface area contributed by atoms with Crippen molar-refractivity contribution in [3.63, 3.8) is 0 Å². The van der Waals surface area contributed by atoms with Gasteiger partial charge in [-0.05, 0) is 42.4 Å². The van der Waals surface area contributed by atoms with E-state index in [2.05, 4.69) is 20.8 Å². The minimum atomic E-state index is -0.204. The summed E-state index contributed by atoms with van der Waals surface area (Å²) < 4.78 is 14.0. The zero-order chi connectivity index (χ0) is 13.4. The van der Waals surface area contributed by atoms with Crippen LogP contribution in [0.25, 0.3) is 0 Å². The van der Waals surface area contributed by atoms with Gasteiger partial charge >= 0.3 is 0 Å². The normalized spacial score (nSPS) is 28.6. The molecule has 4 heteroatoms. The molecule has 1 aromatic rings. The highest BCUT2D eigenvalue weighted by molar-refractivity contribution is 9.10. The maximum atomic E-state index is 13.2. The lowest BCUT2D eigenvalue weighted by Crippen LogP contribution is -2.33. The number of likely N-dealkylation sites (tertiary alicyclic amines) is 1. The second-order valence-corrected chi connectivity index (χ2v) is 6.68. The van der Waals surface area contributed by atoms with Crippen LogP contribution in [-0.4, -0.2) is 24.5 Å². The Morgan fingerprint density at radius 3 is 2.58 bits per heavy atom. The molecule has 0 bridgehead atoms. The quantitative estimate of drug-likeness (QED) is 0.923. The van der Waals surface area contributed by atoms with Crippen LogP contribution in [0.15, 0.2) is 22.7 Å². The third kappa shape index (κ3) is 2.58. The number of benzene rings is 1. The molecule has 1 aliphatic heterocycles. The van der Waals surface area contributed by atoms with Gasteiger partial charge in [-0.25, -0.2) is 4.39 Å². The maximum absolute atomic E-state index is 13.2. The van der Waals surface area contributed by atoms with E-state index >= 15 is 0 Å². The van der Waals surface area contributed by atoms with Gasteiger partial charge in [0.2, 0.25) is 0 Å². The second-order valence-electron chi connectivity index (χ2n) is 5.82. The zero-order valence-corrected chi connectivity index (χ0v) is 12.6. The highest BCUT2D eigenvalue weighted by Gasteiger charge is 2.38. The Labute approximate surface area is 122 Å². The fourth-order valence-corrected chi connectivity index (χ4v) is 4.39. The molecule has 3 rings (SSSR count). The topological polar surface area (TPSA) is 29.3 Å². The van der Waals surface area contributed by atoms with Gasteiger partial charge in [0.15, 0.2) is 0 Å². The summed E-state index contributed by atoms with van der Waals surface area (Å²) in [4.78, 5) is 2.49. The monoisotopic (exact) mass is 326 g/mol. The average Bonchev–Trinajstić information content (AvgIpc) is 2.93. The van der Waals surface area contributed by atoms with Crippen molar-refractivity contribution in [3.05, 3.63) is 34.1 Å². The van der Waals surface area contributed by atoms with Crippen molar-refractivity contribution in [1.82, 2.24) is 4.90 Å². The summed E-state index contributed by atoms with van der Waals surface area (Å²) in [5, 5.41) is 0. The van der Waals surface area contributed by atoms with Crippen LogP contribution in [0, 0.1) is 17.7 Å². The molecule has 104 valence electrons. The Kier molecular flexibility index (Phi) is 3.92. The predicted molar refractivity (Wildman–Crippen MR) is 78.3 cm³/mol. The molecule has 2 nitrogen and oxygen atoms in total. The fourth-order valence-electron chi connectivity index (χ4n) is 3.77. The van der Waals surface area contributed by atoms with Crippen molar-refractivity contribution in [3.8, 4) is 0 Å². The Bertz CT molecular complexity index is 453. The van der Waals surface area contributed by atoms with Gasteiger partial charge in [0.25, 0.3) is 0 Å². The van der Waals surface area contributed by atoms with E-state index in [4.69, 9.17) is 5.73 Å². The molecule has 2 aliphatic rings. The van der Waals surface area contributed by atoms with Crippen LogP contribution < -0.4 is 5.73 Å². The second kappa shape index (κ2) is 5.51. The van der Waals surface area contributed by atoms with Crippen molar-refractivity contribution >= 4 is 15.9 Å². The molecule has 19 heavy (non-hydrogen) atoms. The van der Waals surface area contributed by atoms with E-state index in [1.54, 1.807) is 0 Å². The molecular weight excluding hydrogens is 307 g/mol. The van der Waals surface area contributed by atoms with E-state index < -0.39 is 0 Å². The summed E-state index contributed by atoms with van der Waals surface area (Å²) >= 11 is 3.47. The van der Waals surface area contributed by atoms with Crippen molar-refractivity contribution in [2.45, 2.75) is 25.3 Å². The summed E-state index contributed by atoms with van der Waals surface area (Å²) in [6.07, 6.45) is 4.11. The number of halogens is 2. The minimum absolute atomic E-state index is 0.204. The molecule has 0 radical (unpaired) electrons. The first-order valence-electron chi connectivity index (χ1n) is 7.08. The standard InChI is InChI=1S/C15H20BrFN2/c16-14-6-12(17)4-5-13(14)15(7-18)19-8-10-2-1-3-11(10)9-19/h4-6,10-11,15H,1-3,7-9,18H2. The molecule has 3 atom stereocenters. The van der Waals surface area contributed by atoms with Gasteiger partial charge in [0.05, 0.1) is 0 Å². The highest BCUT2D eigenvalue weighted by atomic mass is 79.9. The third-order valence-corrected chi connectivity index (χ3v) is 5.43. The van der Waals surface area contributed by atoms with Crippen LogP contribution >= 0.6 is 15.9 Å². The molecule has 1 heterocycles. The van der Waals surface area contributed by atoms with Gasteiger partial charge in [0, 0.05) is 30.1 Å². The average molecular weight is 327 g/mol. The largest absolute Gasteiger partial charge is 0.329 e. The number of hydrogen-bond acceptors (Lipinski definition) is 2. The Balaban J connectivity index is 1.81. The first-order valence-corrected chi connectivity index (χ1v) is 7.87. The van der Waals surface area contributed by atoms with E-state index in [1.165, 1.54) is 31.4 Å².